The standard InChI is InChI=1S/C22H29N3O2/c1-17-6-8-18(9-7-17)22(12-4-5-13-22)21(26)24-19-10-11-20(23-16-19)27-15-14-25(2)3/h6-11,16H,4-5,12-15H2,1-3H3,(H,24,26). The number of rotatable bonds is 7. The van der Waals surface area contributed by atoms with Crippen LogP contribution in [-0.2, 0) is 10.2 Å². The number of anilines is 1. The van der Waals surface area contributed by atoms with Gasteiger partial charge in [-0.15, -0.1) is 0 Å². The predicted molar refractivity (Wildman–Crippen MR) is 108 cm³/mol. The number of nitrogens with zero attached hydrogens (tertiary/aromatic N) is 2. The number of hydrogen-bond donors (Lipinski definition) is 1. The van der Waals surface area contributed by atoms with E-state index in [2.05, 4.69) is 46.4 Å². The molecule has 1 heterocycles. The lowest BCUT2D eigenvalue weighted by atomic mass is 9.77. The van der Waals surface area contributed by atoms with Gasteiger partial charge in [-0.3, -0.25) is 4.79 Å². The summed E-state index contributed by atoms with van der Waals surface area (Å²) < 4.78 is 5.61. The van der Waals surface area contributed by atoms with E-state index >= 15 is 0 Å². The molecule has 1 fully saturated rings. The number of hydrogen-bond acceptors (Lipinski definition) is 4. The van der Waals surface area contributed by atoms with E-state index in [4.69, 9.17) is 4.74 Å². The molecule has 0 bridgehead atoms. The van der Waals surface area contributed by atoms with Crippen LogP contribution in [0.3, 0.4) is 0 Å². The highest BCUT2D eigenvalue weighted by Crippen LogP contribution is 2.42. The molecular formula is C22H29N3O2. The third kappa shape index (κ3) is 4.66. The molecule has 144 valence electrons. The molecule has 1 saturated carbocycles. The average Bonchev–Trinajstić information content (AvgIpc) is 3.14. The largest absolute Gasteiger partial charge is 0.476 e. The Morgan fingerprint density at radius 3 is 2.44 bits per heavy atom. The minimum atomic E-state index is -0.436. The lowest BCUT2D eigenvalue weighted by Crippen LogP contribution is -2.38. The Bertz CT molecular complexity index is 748. The minimum Gasteiger partial charge on any atom is -0.476 e. The van der Waals surface area contributed by atoms with Crippen molar-refractivity contribution in [3.05, 3.63) is 53.7 Å². The highest BCUT2D eigenvalue weighted by atomic mass is 16.5. The molecule has 1 N–H and O–H groups in total. The number of nitrogens with one attached hydrogen (secondary N) is 1. The van der Waals surface area contributed by atoms with E-state index in [-0.39, 0.29) is 5.91 Å². The summed E-state index contributed by atoms with van der Waals surface area (Å²) in [6, 6.07) is 12.0. The zero-order valence-corrected chi connectivity index (χ0v) is 16.5. The molecule has 1 aromatic heterocycles. The van der Waals surface area contributed by atoms with E-state index in [9.17, 15) is 4.79 Å². The van der Waals surface area contributed by atoms with Crippen molar-refractivity contribution in [1.29, 1.82) is 0 Å². The maximum Gasteiger partial charge on any atom is 0.235 e. The molecular weight excluding hydrogens is 338 g/mol. The molecule has 0 spiro atoms. The first-order chi connectivity index (χ1) is 13.0. The number of carbonyl (C=O) groups excluding carboxylic acids is 1. The second kappa shape index (κ2) is 8.53. The van der Waals surface area contributed by atoms with Gasteiger partial charge in [-0.05, 0) is 45.5 Å². The Balaban J connectivity index is 1.68. The molecule has 1 amide bonds. The lowest BCUT2D eigenvalue weighted by molar-refractivity contribution is -0.121. The second-order valence-electron chi connectivity index (χ2n) is 7.65. The van der Waals surface area contributed by atoms with Crippen molar-refractivity contribution < 1.29 is 9.53 Å². The van der Waals surface area contributed by atoms with Gasteiger partial charge in [0.05, 0.1) is 17.3 Å². The molecule has 1 aliphatic rings. The SMILES string of the molecule is Cc1ccc(C2(C(=O)Nc3ccc(OCCN(C)C)nc3)CCCC2)cc1. The summed E-state index contributed by atoms with van der Waals surface area (Å²) in [5.74, 6) is 0.635. The summed E-state index contributed by atoms with van der Waals surface area (Å²) in [5.41, 5.74) is 2.59. The molecule has 0 unspecified atom stereocenters. The smallest absolute Gasteiger partial charge is 0.235 e. The third-order valence-corrected chi connectivity index (χ3v) is 5.28. The minimum absolute atomic E-state index is 0.0620. The molecule has 0 aliphatic heterocycles. The van der Waals surface area contributed by atoms with Crippen LogP contribution in [0.15, 0.2) is 42.6 Å². The van der Waals surface area contributed by atoms with Gasteiger partial charge in [0, 0.05) is 12.6 Å². The Kier molecular flexibility index (Phi) is 6.11. The summed E-state index contributed by atoms with van der Waals surface area (Å²) in [4.78, 5) is 19.5. The number of carbonyl (C=O) groups is 1. The third-order valence-electron chi connectivity index (χ3n) is 5.28. The molecule has 1 aliphatic carbocycles. The molecule has 3 rings (SSSR count). The summed E-state index contributed by atoms with van der Waals surface area (Å²) >= 11 is 0. The van der Waals surface area contributed by atoms with Gasteiger partial charge >= 0.3 is 0 Å². The van der Waals surface area contributed by atoms with Gasteiger partial charge in [0.25, 0.3) is 0 Å². The Hall–Kier alpha value is -2.40. The van der Waals surface area contributed by atoms with Gasteiger partial charge in [0.1, 0.15) is 6.61 Å². The van der Waals surface area contributed by atoms with E-state index in [0.717, 1.165) is 37.8 Å². The topological polar surface area (TPSA) is 54.5 Å². The molecule has 1 aromatic carbocycles. The van der Waals surface area contributed by atoms with Crippen molar-refractivity contribution in [2.24, 2.45) is 0 Å². The summed E-state index contributed by atoms with van der Waals surface area (Å²) in [6.07, 6.45) is 5.61. The van der Waals surface area contributed by atoms with Crippen LogP contribution in [0.1, 0.15) is 36.8 Å². The first-order valence-corrected chi connectivity index (χ1v) is 9.62. The Morgan fingerprint density at radius 1 is 1.15 bits per heavy atom. The summed E-state index contributed by atoms with van der Waals surface area (Å²) in [5, 5.41) is 3.07. The van der Waals surface area contributed by atoms with Gasteiger partial charge in [0.15, 0.2) is 0 Å². The van der Waals surface area contributed by atoms with Gasteiger partial charge in [0.2, 0.25) is 11.8 Å². The fourth-order valence-electron chi connectivity index (χ4n) is 3.62. The fourth-order valence-corrected chi connectivity index (χ4v) is 3.62. The monoisotopic (exact) mass is 367 g/mol. The quantitative estimate of drug-likeness (QED) is 0.809. The van der Waals surface area contributed by atoms with Crippen LogP contribution >= 0.6 is 0 Å². The van der Waals surface area contributed by atoms with Crippen LogP contribution in [0.2, 0.25) is 0 Å². The van der Waals surface area contributed by atoms with Crippen molar-refractivity contribution in [2.75, 3.05) is 32.6 Å². The van der Waals surface area contributed by atoms with E-state index in [1.54, 1.807) is 12.3 Å². The first-order valence-electron chi connectivity index (χ1n) is 9.62. The van der Waals surface area contributed by atoms with E-state index in [1.807, 2.05) is 20.2 Å². The molecule has 0 atom stereocenters. The molecule has 5 nitrogen and oxygen atoms in total. The normalized spacial score (nSPS) is 15.7. The second-order valence-corrected chi connectivity index (χ2v) is 7.65. The maximum absolute atomic E-state index is 13.2. The first kappa shape index (κ1) is 19.4. The lowest BCUT2D eigenvalue weighted by Gasteiger charge is -2.28. The van der Waals surface area contributed by atoms with E-state index in [1.165, 1.54) is 5.56 Å². The van der Waals surface area contributed by atoms with Crippen molar-refractivity contribution in [3.8, 4) is 5.88 Å². The van der Waals surface area contributed by atoms with Crippen LogP contribution in [0.5, 0.6) is 5.88 Å². The Morgan fingerprint density at radius 2 is 1.85 bits per heavy atom. The summed E-state index contributed by atoms with van der Waals surface area (Å²) in [6.45, 7) is 3.49. The van der Waals surface area contributed by atoms with Gasteiger partial charge < -0.3 is 15.0 Å². The number of amides is 1. The number of aryl methyl sites for hydroxylation is 1. The zero-order chi connectivity index (χ0) is 19.3. The number of pyridine rings is 1. The van der Waals surface area contributed by atoms with Crippen LogP contribution < -0.4 is 10.1 Å². The van der Waals surface area contributed by atoms with Crippen molar-refractivity contribution >= 4 is 11.6 Å². The predicted octanol–water partition coefficient (Wildman–Crippen LogP) is 3.78. The van der Waals surface area contributed by atoms with E-state index < -0.39 is 5.41 Å². The number of aromatic nitrogens is 1. The van der Waals surface area contributed by atoms with Crippen LogP contribution in [0.25, 0.3) is 0 Å². The van der Waals surface area contributed by atoms with Crippen LogP contribution in [0, 0.1) is 6.92 Å². The average molecular weight is 367 g/mol. The fraction of sp³-hybridized carbons (Fsp3) is 0.455. The Labute approximate surface area is 161 Å². The molecule has 27 heavy (non-hydrogen) atoms. The van der Waals surface area contributed by atoms with Gasteiger partial charge in [-0.1, -0.05) is 42.7 Å². The van der Waals surface area contributed by atoms with Crippen LogP contribution in [-0.4, -0.2) is 43.0 Å². The molecule has 2 aromatic rings. The molecule has 0 saturated heterocycles. The van der Waals surface area contributed by atoms with Crippen molar-refractivity contribution in [1.82, 2.24) is 9.88 Å². The zero-order valence-electron chi connectivity index (χ0n) is 16.5. The highest BCUT2D eigenvalue weighted by molar-refractivity contribution is 5.99. The van der Waals surface area contributed by atoms with E-state index in [0.29, 0.717) is 18.2 Å². The number of ether oxygens (including phenoxy) is 1. The van der Waals surface area contributed by atoms with Crippen LogP contribution in [0.4, 0.5) is 5.69 Å². The number of likely N-dealkylation sites (N-methyl/N-ethyl adjacent to an activating group) is 1. The highest BCUT2D eigenvalue weighted by Gasteiger charge is 2.42. The van der Waals surface area contributed by atoms with Gasteiger partial charge in [-0.25, -0.2) is 4.98 Å². The maximum atomic E-state index is 13.2. The van der Waals surface area contributed by atoms with Crippen molar-refractivity contribution in [2.45, 2.75) is 38.0 Å². The summed E-state index contributed by atoms with van der Waals surface area (Å²) in [7, 11) is 4.00. The molecule has 5 heteroatoms. The molecule has 0 radical (unpaired) electrons. The van der Waals surface area contributed by atoms with Gasteiger partial charge in [-0.2, -0.15) is 0 Å². The van der Waals surface area contributed by atoms with Crippen molar-refractivity contribution in [3.63, 3.8) is 0 Å². The number of benzene rings is 1.